The van der Waals surface area contributed by atoms with Gasteiger partial charge in [0, 0.05) is 5.39 Å². The number of carbonyl (C=O) groups excluding carboxylic acids is 1. The SMILES string of the molecule is COc1ccccc1C(=O)Nc1nnc(-c2cc3cccc(OC)c3o2)o1. The van der Waals surface area contributed by atoms with E-state index in [0.717, 1.165) is 5.39 Å². The first-order chi connectivity index (χ1) is 13.2. The molecule has 0 spiro atoms. The van der Waals surface area contributed by atoms with Gasteiger partial charge in [0.05, 0.1) is 19.8 Å². The lowest BCUT2D eigenvalue weighted by Crippen LogP contribution is -2.13. The number of furan rings is 1. The smallest absolute Gasteiger partial charge is 0.322 e. The minimum atomic E-state index is -0.422. The molecule has 4 rings (SSSR count). The van der Waals surface area contributed by atoms with Gasteiger partial charge in [0.1, 0.15) is 5.75 Å². The number of para-hydroxylation sites is 2. The highest BCUT2D eigenvalue weighted by molar-refractivity contribution is 6.05. The van der Waals surface area contributed by atoms with Crippen molar-refractivity contribution in [1.82, 2.24) is 10.2 Å². The van der Waals surface area contributed by atoms with Crippen LogP contribution in [0.1, 0.15) is 10.4 Å². The Hall–Kier alpha value is -3.81. The van der Waals surface area contributed by atoms with Gasteiger partial charge in [-0.05, 0) is 24.3 Å². The Morgan fingerprint density at radius 3 is 2.56 bits per heavy atom. The van der Waals surface area contributed by atoms with E-state index in [-0.39, 0.29) is 11.9 Å². The van der Waals surface area contributed by atoms with E-state index in [4.69, 9.17) is 18.3 Å². The van der Waals surface area contributed by atoms with Crippen molar-refractivity contribution < 1.29 is 23.1 Å². The van der Waals surface area contributed by atoms with Crippen molar-refractivity contribution in [1.29, 1.82) is 0 Å². The number of benzene rings is 2. The molecule has 0 saturated carbocycles. The monoisotopic (exact) mass is 365 g/mol. The number of methoxy groups -OCH3 is 2. The predicted molar refractivity (Wildman–Crippen MR) is 97.0 cm³/mol. The van der Waals surface area contributed by atoms with Crippen LogP contribution < -0.4 is 14.8 Å². The van der Waals surface area contributed by atoms with Crippen molar-refractivity contribution in [2.45, 2.75) is 0 Å². The number of ether oxygens (including phenoxy) is 2. The second-order valence-corrected chi connectivity index (χ2v) is 5.56. The molecule has 2 heterocycles. The van der Waals surface area contributed by atoms with Gasteiger partial charge in [0.2, 0.25) is 0 Å². The molecule has 1 amide bonds. The van der Waals surface area contributed by atoms with Crippen LogP contribution in [0.25, 0.3) is 22.6 Å². The molecule has 8 heteroatoms. The lowest BCUT2D eigenvalue weighted by molar-refractivity contribution is 0.102. The van der Waals surface area contributed by atoms with Gasteiger partial charge in [-0.3, -0.25) is 10.1 Å². The van der Waals surface area contributed by atoms with Crippen molar-refractivity contribution in [3.63, 3.8) is 0 Å². The van der Waals surface area contributed by atoms with Crippen LogP contribution in [0.3, 0.4) is 0 Å². The third kappa shape index (κ3) is 3.08. The molecule has 0 bridgehead atoms. The van der Waals surface area contributed by atoms with E-state index >= 15 is 0 Å². The first-order valence-corrected chi connectivity index (χ1v) is 8.04. The van der Waals surface area contributed by atoms with Crippen molar-refractivity contribution in [2.75, 3.05) is 19.5 Å². The number of hydrogen-bond donors (Lipinski definition) is 1. The number of amides is 1. The first-order valence-electron chi connectivity index (χ1n) is 8.04. The normalized spacial score (nSPS) is 10.7. The molecule has 2 aromatic carbocycles. The summed E-state index contributed by atoms with van der Waals surface area (Å²) in [6, 6.07) is 14.1. The maximum absolute atomic E-state index is 12.4. The fourth-order valence-electron chi connectivity index (χ4n) is 2.67. The molecule has 0 unspecified atom stereocenters. The lowest BCUT2D eigenvalue weighted by Gasteiger charge is -2.06. The molecule has 0 aliphatic carbocycles. The van der Waals surface area contributed by atoms with Crippen LogP contribution in [0.2, 0.25) is 0 Å². The van der Waals surface area contributed by atoms with Crippen LogP contribution in [-0.2, 0) is 0 Å². The molecule has 1 N–H and O–H groups in total. The van der Waals surface area contributed by atoms with Gasteiger partial charge in [-0.25, -0.2) is 0 Å². The van der Waals surface area contributed by atoms with Crippen LogP contribution in [0.4, 0.5) is 6.01 Å². The molecule has 0 saturated heterocycles. The minimum Gasteiger partial charge on any atom is -0.496 e. The lowest BCUT2D eigenvalue weighted by atomic mass is 10.2. The van der Waals surface area contributed by atoms with Gasteiger partial charge in [-0.15, -0.1) is 5.10 Å². The fraction of sp³-hybridized carbons (Fsp3) is 0.105. The largest absolute Gasteiger partial charge is 0.496 e. The number of nitrogens with zero attached hydrogens (tertiary/aromatic N) is 2. The number of fused-ring (bicyclic) bond motifs is 1. The molecule has 0 aliphatic rings. The Labute approximate surface area is 153 Å². The second-order valence-electron chi connectivity index (χ2n) is 5.56. The summed E-state index contributed by atoms with van der Waals surface area (Å²) in [5, 5.41) is 11.2. The maximum Gasteiger partial charge on any atom is 0.322 e. The summed E-state index contributed by atoms with van der Waals surface area (Å²) in [6.45, 7) is 0. The molecule has 0 fully saturated rings. The van der Waals surface area contributed by atoms with Gasteiger partial charge >= 0.3 is 6.01 Å². The standard InChI is InChI=1S/C19H15N3O5/c1-24-13-8-4-3-7-12(13)17(23)20-19-22-21-18(27-19)15-10-11-6-5-9-14(25-2)16(11)26-15/h3-10H,1-2H3,(H,20,22,23). The number of rotatable bonds is 5. The van der Waals surface area contributed by atoms with Crippen molar-refractivity contribution in [3.8, 4) is 23.1 Å². The summed E-state index contributed by atoms with van der Waals surface area (Å²) in [5.41, 5.74) is 0.932. The van der Waals surface area contributed by atoms with Gasteiger partial charge in [-0.2, -0.15) is 0 Å². The molecule has 8 nitrogen and oxygen atoms in total. The van der Waals surface area contributed by atoms with Gasteiger partial charge in [-0.1, -0.05) is 29.4 Å². The van der Waals surface area contributed by atoms with Crippen molar-refractivity contribution in [2.24, 2.45) is 0 Å². The average Bonchev–Trinajstić information content (AvgIpc) is 3.34. The maximum atomic E-state index is 12.4. The first kappa shape index (κ1) is 16.6. The highest BCUT2D eigenvalue weighted by atomic mass is 16.5. The number of aromatic nitrogens is 2. The minimum absolute atomic E-state index is 0.0478. The molecular formula is C19H15N3O5. The quantitative estimate of drug-likeness (QED) is 0.575. The van der Waals surface area contributed by atoms with E-state index in [1.807, 2.05) is 12.1 Å². The molecule has 27 heavy (non-hydrogen) atoms. The zero-order valence-corrected chi connectivity index (χ0v) is 14.6. The second kappa shape index (κ2) is 6.83. The zero-order chi connectivity index (χ0) is 18.8. The molecule has 0 aliphatic heterocycles. The summed E-state index contributed by atoms with van der Waals surface area (Å²) in [6.07, 6.45) is 0. The topological polar surface area (TPSA) is 99.6 Å². The van der Waals surface area contributed by atoms with Gasteiger partial charge < -0.3 is 18.3 Å². The van der Waals surface area contributed by atoms with Gasteiger partial charge in [0.15, 0.2) is 17.1 Å². The summed E-state index contributed by atoms with van der Waals surface area (Å²) in [7, 11) is 3.06. The average molecular weight is 365 g/mol. The van der Waals surface area contributed by atoms with E-state index in [2.05, 4.69) is 15.5 Å². The Balaban J connectivity index is 1.59. The molecular weight excluding hydrogens is 350 g/mol. The number of hydrogen-bond acceptors (Lipinski definition) is 7. The Bertz CT molecular complexity index is 1120. The summed E-state index contributed by atoms with van der Waals surface area (Å²) in [4.78, 5) is 12.4. The van der Waals surface area contributed by atoms with Crippen LogP contribution in [0.5, 0.6) is 11.5 Å². The Morgan fingerprint density at radius 2 is 1.74 bits per heavy atom. The Kier molecular flexibility index (Phi) is 4.21. The molecule has 4 aromatic rings. The van der Waals surface area contributed by atoms with Crippen molar-refractivity contribution >= 4 is 22.9 Å². The third-order valence-corrected chi connectivity index (χ3v) is 3.94. The van der Waals surface area contributed by atoms with Crippen LogP contribution in [0.15, 0.2) is 57.4 Å². The third-order valence-electron chi connectivity index (χ3n) is 3.94. The van der Waals surface area contributed by atoms with Gasteiger partial charge in [0.25, 0.3) is 11.8 Å². The molecule has 0 radical (unpaired) electrons. The highest BCUT2D eigenvalue weighted by Gasteiger charge is 2.18. The van der Waals surface area contributed by atoms with E-state index < -0.39 is 5.91 Å². The zero-order valence-electron chi connectivity index (χ0n) is 14.6. The van der Waals surface area contributed by atoms with Crippen LogP contribution in [0, 0.1) is 0 Å². The van der Waals surface area contributed by atoms with Crippen LogP contribution in [-0.4, -0.2) is 30.3 Å². The van der Waals surface area contributed by atoms with Crippen molar-refractivity contribution in [3.05, 3.63) is 54.1 Å². The molecule has 2 aromatic heterocycles. The molecule has 0 atom stereocenters. The molecule has 136 valence electrons. The van der Waals surface area contributed by atoms with E-state index in [1.54, 1.807) is 43.5 Å². The summed E-state index contributed by atoms with van der Waals surface area (Å²) in [5.74, 6) is 1.14. The number of anilines is 1. The Morgan fingerprint density at radius 1 is 0.963 bits per heavy atom. The number of nitrogens with one attached hydrogen (secondary N) is 1. The van der Waals surface area contributed by atoms with E-state index in [9.17, 15) is 4.79 Å². The fourth-order valence-corrected chi connectivity index (χ4v) is 2.67. The van der Waals surface area contributed by atoms with E-state index in [0.29, 0.717) is 28.4 Å². The van der Waals surface area contributed by atoms with E-state index in [1.165, 1.54) is 7.11 Å². The summed E-state index contributed by atoms with van der Waals surface area (Å²) >= 11 is 0. The number of carbonyl (C=O) groups is 1. The summed E-state index contributed by atoms with van der Waals surface area (Å²) < 4.78 is 21.7. The van der Waals surface area contributed by atoms with Crippen LogP contribution >= 0.6 is 0 Å². The highest BCUT2D eigenvalue weighted by Crippen LogP contribution is 2.33. The predicted octanol–water partition coefficient (Wildman–Crippen LogP) is 3.75.